The van der Waals surface area contributed by atoms with Gasteiger partial charge in [0.05, 0.1) is 6.61 Å². The van der Waals surface area contributed by atoms with Crippen molar-refractivity contribution in [2.24, 2.45) is 0 Å². The Hall–Kier alpha value is -0.320. The summed E-state index contributed by atoms with van der Waals surface area (Å²) in [6.45, 7) is 4.29. The molecule has 0 atom stereocenters. The van der Waals surface area contributed by atoms with Gasteiger partial charge in [-0.25, -0.2) is 0 Å². The van der Waals surface area contributed by atoms with E-state index in [0.29, 0.717) is 0 Å². The number of halogens is 2. The fraction of sp³-hybridized carbons (Fsp3) is 0.538. The molecule has 1 aromatic rings. The van der Waals surface area contributed by atoms with Crippen molar-refractivity contribution in [3.8, 4) is 0 Å². The summed E-state index contributed by atoms with van der Waals surface area (Å²) in [7, 11) is 3.77. The first kappa shape index (κ1) is 15.7. The molecule has 0 saturated carbocycles. The van der Waals surface area contributed by atoms with Crippen molar-refractivity contribution in [3.05, 3.63) is 33.8 Å². The van der Waals surface area contributed by atoms with Crippen molar-refractivity contribution in [1.29, 1.82) is 0 Å². The Morgan fingerprint density at radius 1 is 1.28 bits per heavy atom. The normalized spacial score (nSPS) is 11.2. The van der Waals surface area contributed by atoms with Crippen LogP contribution in [0.1, 0.15) is 5.56 Å². The average Bonchev–Trinajstić information content (AvgIpc) is 2.33. The number of methoxy groups -OCH3 is 1. The fourth-order valence-corrected chi connectivity index (χ4v) is 1.98. The van der Waals surface area contributed by atoms with E-state index in [1.807, 2.05) is 12.1 Å². The molecule has 0 amide bonds. The molecule has 18 heavy (non-hydrogen) atoms. The van der Waals surface area contributed by atoms with E-state index in [9.17, 15) is 0 Å². The maximum Gasteiger partial charge on any atom is 0.0587 e. The number of likely N-dealkylation sites (N-methyl/N-ethyl adjacent to an activating group) is 1. The van der Waals surface area contributed by atoms with Crippen LogP contribution in [0, 0.1) is 0 Å². The summed E-state index contributed by atoms with van der Waals surface area (Å²) >= 11 is 12.1. The van der Waals surface area contributed by atoms with Crippen LogP contribution in [0.25, 0.3) is 0 Å². The van der Waals surface area contributed by atoms with Crippen LogP contribution in [0.4, 0.5) is 0 Å². The summed E-state index contributed by atoms with van der Waals surface area (Å²) in [4.78, 5) is 2.21. The number of benzene rings is 1. The number of hydrogen-bond donors (Lipinski definition) is 1. The summed E-state index contributed by atoms with van der Waals surface area (Å²) in [5.74, 6) is 0. The highest BCUT2D eigenvalue weighted by atomic mass is 35.5. The highest BCUT2D eigenvalue weighted by molar-refractivity contribution is 6.33. The fourth-order valence-electron chi connectivity index (χ4n) is 1.60. The smallest absolute Gasteiger partial charge is 0.0587 e. The number of ether oxygens (including phenoxy) is 1. The van der Waals surface area contributed by atoms with Gasteiger partial charge in [-0.3, -0.25) is 0 Å². The molecule has 0 radical (unpaired) electrons. The highest BCUT2D eigenvalue weighted by Gasteiger charge is 2.05. The molecule has 0 spiro atoms. The molecule has 0 unspecified atom stereocenters. The van der Waals surface area contributed by atoms with E-state index in [4.69, 9.17) is 27.9 Å². The van der Waals surface area contributed by atoms with Crippen LogP contribution in [-0.2, 0) is 11.3 Å². The Balaban J connectivity index is 2.30. The zero-order valence-electron chi connectivity index (χ0n) is 10.9. The molecular weight excluding hydrogens is 271 g/mol. The third-order valence-corrected chi connectivity index (χ3v) is 3.21. The summed E-state index contributed by atoms with van der Waals surface area (Å²) in [6.07, 6.45) is 0. The summed E-state index contributed by atoms with van der Waals surface area (Å²) in [6, 6.07) is 5.56. The molecule has 1 rings (SSSR count). The minimum atomic E-state index is 0.723. The van der Waals surface area contributed by atoms with E-state index in [0.717, 1.165) is 48.4 Å². The maximum absolute atomic E-state index is 6.13. The van der Waals surface area contributed by atoms with Crippen LogP contribution in [0.15, 0.2) is 18.2 Å². The van der Waals surface area contributed by atoms with Gasteiger partial charge in [0.25, 0.3) is 0 Å². The standard InChI is InChI=1S/C13H20Cl2N2O/c1-17(7-5-16-6-8-18-2)10-11-9-12(14)3-4-13(11)15/h3-4,9,16H,5-8,10H2,1-2H3. The molecular formula is C13H20Cl2N2O. The molecule has 102 valence electrons. The van der Waals surface area contributed by atoms with Gasteiger partial charge in [-0.2, -0.15) is 0 Å². The van der Waals surface area contributed by atoms with Crippen LogP contribution >= 0.6 is 23.2 Å². The molecule has 5 heteroatoms. The highest BCUT2D eigenvalue weighted by Crippen LogP contribution is 2.21. The number of nitrogens with zero attached hydrogens (tertiary/aromatic N) is 1. The SMILES string of the molecule is COCCNCCN(C)Cc1cc(Cl)ccc1Cl. The van der Waals surface area contributed by atoms with Crippen molar-refractivity contribution in [2.75, 3.05) is 40.4 Å². The van der Waals surface area contributed by atoms with Crippen molar-refractivity contribution in [3.63, 3.8) is 0 Å². The summed E-state index contributed by atoms with van der Waals surface area (Å²) < 4.78 is 4.97. The lowest BCUT2D eigenvalue weighted by Crippen LogP contribution is -2.30. The molecule has 0 heterocycles. The lowest BCUT2D eigenvalue weighted by molar-refractivity contribution is 0.197. The monoisotopic (exact) mass is 290 g/mol. The zero-order valence-corrected chi connectivity index (χ0v) is 12.4. The molecule has 0 saturated heterocycles. The molecule has 0 aliphatic carbocycles. The molecule has 0 fully saturated rings. The average molecular weight is 291 g/mol. The third-order valence-electron chi connectivity index (χ3n) is 2.60. The minimum absolute atomic E-state index is 0.723. The minimum Gasteiger partial charge on any atom is -0.383 e. The van der Waals surface area contributed by atoms with E-state index in [1.165, 1.54) is 0 Å². The van der Waals surface area contributed by atoms with Gasteiger partial charge in [0.15, 0.2) is 0 Å². The predicted molar refractivity (Wildman–Crippen MR) is 77.5 cm³/mol. The van der Waals surface area contributed by atoms with Gasteiger partial charge in [-0.05, 0) is 30.8 Å². The van der Waals surface area contributed by atoms with Crippen LogP contribution in [-0.4, -0.2) is 45.3 Å². The Morgan fingerprint density at radius 3 is 2.78 bits per heavy atom. The molecule has 0 aliphatic rings. The largest absolute Gasteiger partial charge is 0.383 e. The first-order valence-electron chi connectivity index (χ1n) is 5.95. The molecule has 0 aromatic heterocycles. The Kier molecular flexibility index (Phi) is 7.63. The van der Waals surface area contributed by atoms with Crippen LogP contribution in [0.2, 0.25) is 10.0 Å². The second kappa shape index (κ2) is 8.73. The van der Waals surface area contributed by atoms with E-state index in [1.54, 1.807) is 13.2 Å². The molecule has 1 N–H and O–H groups in total. The lowest BCUT2D eigenvalue weighted by Gasteiger charge is -2.18. The van der Waals surface area contributed by atoms with E-state index >= 15 is 0 Å². The first-order valence-corrected chi connectivity index (χ1v) is 6.71. The van der Waals surface area contributed by atoms with Crippen LogP contribution in [0.5, 0.6) is 0 Å². The van der Waals surface area contributed by atoms with E-state index in [-0.39, 0.29) is 0 Å². The first-order chi connectivity index (χ1) is 8.63. The summed E-state index contributed by atoms with van der Waals surface area (Å²) in [5.41, 5.74) is 1.06. The molecule has 1 aromatic carbocycles. The predicted octanol–water partition coefficient (Wildman–Crippen LogP) is 2.66. The quantitative estimate of drug-likeness (QED) is 0.745. The summed E-state index contributed by atoms with van der Waals surface area (Å²) in [5, 5.41) is 4.79. The van der Waals surface area contributed by atoms with Crippen molar-refractivity contribution < 1.29 is 4.74 Å². The lowest BCUT2D eigenvalue weighted by atomic mass is 10.2. The van der Waals surface area contributed by atoms with E-state index < -0.39 is 0 Å². The second-order valence-electron chi connectivity index (χ2n) is 4.22. The topological polar surface area (TPSA) is 24.5 Å². The Morgan fingerprint density at radius 2 is 2.06 bits per heavy atom. The Bertz CT molecular complexity index is 361. The van der Waals surface area contributed by atoms with Gasteiger partial charge in [-0.15, -0.1) is 0 Å². The van der Waals surface area contributed by atoms with Crippen molar-refractivity contribution in [2.45, 2.75) is 6.54 Å². The molecule has 0 bridgehead atoms. The zero-order chi connectivity index (χ0) is 13.4. The third kappa shape index (κ3) is 6.03. The van der Waals surface area contributed by atoms with Crippen LogP contribution in [0.3, 0.4) is 0 Å². The van der Waals surface area contributed by atoms with Crippen LogP contribution < -0.4 is 5.32 Å². The number of hydrogen-bond acceptors (Lipinski definition) is 3. The maximum atomic E-state index is 6.13. The molecule has 0 aliphatic heterocycles. The van der Waals surface area contributed by atoms with Gasteiger partial charge in [0, 0.05) is 43.3 Å². The van der Waals surface area contributed by atoms with Gasteiger partial charge < -0.3 is 15.0 Å². The number of nitrogens with one attached hydrogen (secondary N) is 1. The second-order valence-corrected chi connectivity index (χ2v) is 5.06. The van der Waals surface area contributed by atoms with Gasteiger partial charge in [0.2, 0.25) is 0 Å². The van der Waals surface area contributed by atoms with Crippen molar-refractivity contribution >= 4 is 23.2 Å². The number of rotatable bonds is 8. The van der Waals surface area contributed by atoms with E-state index in [2.05, 4.69) is 17.3 Å². The molecule has 3 nitrogen and oxygen atoms in total. The van der Waals surface area contributed by atoms with Crippen molar-refractivity contribution in [1.82, 2.24) is 10.2 Å². The van der Waals surface area contributed by atoms with Gasteiger partial charge >= 0.3 is 0 Å². The Labute approximate surface area is 119 Å². The van der Waals surface area contributed by atoms with Gasteiger partial charge in [0.1, 0.15) is 0 Å². The van der Waals surface area contributed by atoms with Gasteiger partial charge in [-0.1, -0.05) is 23.2 Å².